The van der Waals surface area contributed by atoms with Crippen molar-refractivity contribution in [2.45, 2.75) is 12.8 Å². The first-order valence-electron chi connectivity index (χ1n) is 12.9. The molecule has 39 heavy (non-hydrogen) atoms. The van der Waals surface area contributed by atoms with E-state index in [0.717, 1.165) is 47.6 Å². The van der Waals surface area contributed by atoms with Crippen LogP contribution >= 0.6 is 0 Å². The molecule has 1 fully saturated rings. The first kappa shape index (κ1) is 24.9. The van der Waals surface area contributed by atoms with Crippen molar-refractivity contribution in [3.8, 4) is 27.9 Å². The molecule has 1 aliphatic heterocycles. The number of hydrogen-bond acceptors (Lipinski definition) is 4. The van der Waals surface area contributed by atoms with E-state index in [2.05, 4.69) is 20.3 Å². The number of hydrogen-bond donors (Lipinski definition) is 1. The number of nitrogens with one attached hydrogen (secondary N) is 1. The molecule has 1 atom stereocenters. The van der Waals surface area contributed by atoms with E-state index in [0.29, 0.717) is 23.5 Å². The van der Waals surface area contributed by atoms with Crippen LogP contribution in [-0.2, 0) is 11.8 Å². The third-order valence-electron chi connectivity index (χ3n) is 7.29. The fourth-order valence-corrected chi connectivity index (χ4v) is 5.29. The molecule has 1 amide bonds. The molecular formula is C30H28F2N6O. The maximum atomic E-state index is 14.8. The van der Waals surface area contributed by atoms with E-state index in [-0.39, 0.29) is 17.4 Å². The van der Waals surface area contributed by atoms with Gasteiger partial charge in [0.05, 0.1) is 23.1 Å². The van der Waals surface area contributed by atoms with Gasteiger partial charge in [-0.25, -0.2) is 13.8 Å². The van der Waals surface area contributed by atoms with Crippen molar-refractivity contribution in [3.05, 3.63) is 85.0 Å². The van der Waals surface area contributed by atoms with Gasteiger partial charge < -0.3 is 10.2 Å². The Morgan fingerprint density at radius 1 is 1.00 bits per heavy atom. The first-order valence-corrected chi connectivity index (χ1v) is 12.9. The van der Waals surface area contributed by atoms with Gasteiger partial charge in [-0.05, 0) is 80.0 Å². The summed E-state index contributed by atoms with van der Waals surface area (Å²) in [5.41, 5.74) is 5.62. The average molecular weight is 527 g/mol. The summed E-state index contributed by atoms with van der Waals surface area (Å²) < 4.78 is 32.2. The van der Waals surface area contributed by atoms with Crippen molar-refractivity contribution in [3.63, 3.8) is 0 Å². The molecule has 198 valence electrons. The third-order valence-corrected chi connectivity index (χ3v) is 7.29. The third kappa shape index (κ3) is 5.05. The maximum Gasteiger partial charge on any atom is 0.228 e. The van der Waals surface area contributed by atoms with Crippen molar-refractivity contribution >= 4 is 22.6 Å². The van der Waals surface area contributed by atoms with E-state index >= 15 is 0 Å². The summed E-state index contributed by atoms with van der Waals surface area (Å²) in [6.45, 7) is 1.67. The second-order valence-electron chi connectivity index (χ2n) is 10.2. The van der Waals surface area contributed by atoms with Crippen LogP contribution in [0.15, 0.2) is 73.3 Å². The molecule has 1 N–H and O–H groups in total. The number of piperidine rings is 1. The molecule has 1 aliphatic rings. The fourth-order valence-electron chi connectivity index (χ4n) is 5.29. The lowest BCUT2D eigenvalue weighted by Gasteiger charge is -2.28. The van der Waals surface area contributed by atoms with Crippen LogP contribution in [-0.4, -0.2) is 50.3 Å². The lowest BCUT2D eigenvalue weighted by molar-refractivity contribution is -0.121. The molecule has 0 radical (unpaired) electrons. The SMILES string of the molecule is CN1CCCC(C(=O)Nc2cc(-c3ccc(F)cc3F)cc(-n3cnc4cc(-c5cnn(C)c5)ccc43)c2)C1. The minimum atomic E-state index is -0.671. The van der Waals surface area contributed by atoms with Gasteiger partial charge in [-0.1, -0.05) is 6.07 Å². The van der Waals surface area contributed by atoms with Gasteiger partial charge in [0.2, 0.25) is 5.91 Å². The number of aromatic nitrogens is 4. The number of aryl methyl sites for hydroxylation is 1. The van der Waals surface area contributed by atoms with Gasteiger partial charge in [0.1, 0.15) is 18.0 Å². The van der Waals surface area contributed by atoms with Gasteiger partial charge in [-0.15, -0.1) is 0 Å². The van der Waals surface area contributed by atoms with Crippen LogP contribution in [0.2, 0.25) is 0 Å². The number of benzene rings is 3. The van der Waals surface area contributed by atoms with Gasteiger partial charge in [0, 0.05) is 48.4 Å². The number of nitrogens with zero attached hydrogens (tertiary/aromatic N) is 5. The highest BCUT2D eigenvalue weighted by atomic mass is 19.1. The fraction of sp³-hybridized carbons (Fsp3) is 0.233. The molecule has 9 heteroatoms. The number of amides is 1. The Balaban J connectivity index is 1.41. The van der Waals surface area contributed by atoms with Crippen molar-refractivity contribution in [1.82, 2.24) is 24.2 Å². The highest BCUT2D eigenvalue weighted by Gasteiger charge is 2.24. The Morgan fingerprint density at radius 3 is 2.64 bits per heavy atom. The molecule has 0 saturated carbocycles. The van der Waals surface area contributed by atoms with E-state index in [4.69, 9.17) is 0 Å². The van der Waals surface area contributed by atoms with E-state index in [1.165, 1.54) is 12.1 Å². The Kier molecular flexibility index (Phi) is 6.44. The van der Waals surface area contributed by atoms with Crippen molar-refractivity contribution in [2.75, 3.05) is 25.5 Å². The van der Waals surface area contributed by atoms with E-state index in [1.54, 1.807) is 23.3 Å². The molecule has 0 spiro atoms. The largest absolute Gasteiger partial charge is 0.326 e. The zero-order valence-corrected chi connectivity index (χ0v) is 21.7. The summed E-state index contributed by atoms with van der Waals surface area (Å²) in [5, 5.41) is 7.30. The lowest BCUT2D eigenvalue weighted by Crippen LogP contribution is -2.38. The summed E-state index contributed by atoms with van der Waals surface area (Å²) in [6.07, 6.45) is 7.23. The summed E-state index contributed by atoms with van der Waals surface area (Å²) in [6, 6.07) is 14.9. The van der Waals surface area contributed by atoms with Crippen molar-refractivity contribution in [1.29, 1.82) is 0 Å². The molecule has 0 aliphatic carbocycles. The molecule has 5 aromatic rings. The number of imidazole rings is 1. The van der Waals surface area contributed by atoms with Crippen LogP contribution in [0.5, 0.6) is 0 Å². The number of rotatable bonds is 5. The molecule has 2 aromatic heterocycles. The van der Waals surface area contributed by atoms with E-state index in [9.17, 15) is 13.6 Å². The topological polar surface area (TPSA) is 68.0 Å². The zero-order chi connectivity index (χ0) is 27.1. The predicted octanol–water partition coefficient (Wildman–Crippen LogP) is 5.65. The maximum absolute atomic E-state index is 14.8. The average Bonchev–Trinajstić information content (AvgIpc) is 3.54. The van der Waals surface area contributed by atoms with Crippen LogP contribution in [0.25, 0.3) is 39.0 Å². The number of likely N-dealkylation sites (tertiary alicyclic amines) is 1. The van der Waals surface area contributed by atoms with Crippen LogP contribution in [0.4, 0.5) is 14.5 Å². The quantitative estimate of drug-likeness (QED) is 0.321. The molecule has 0 bridgehead atoms. The van der Waals surface area contributed by atoms with Gasteiger partial charge in [-0.3, -0.25) is 14.0 Å². The van der Waals surface area contributed by atoms with E-state index < -0.39 is 11.6 Å². The number of carbonyl (C=O) groups excluding carboxylic acids is 1. The van der Waals surface area contributed by atoms with Gasteiger partial charge in [0.15, 0.2) is 0 Å². The minimum Gasteiger partial charge on any atom is -0.326 e. The highest BCUT2D eigenvalue weighted by Crippen LogP contribution is 2.32. The molecule has 1 saturated heterocycles. The Morgan fingerprint density at radius 2 is 1.87 bits per heavy atom. The van der Waals surface area contributed by atoms with Crippen LogP contribution in [0.1, 0.15) is 12.8 Å². The van der Waals surface area contributed by atoms with Crippen LogP contribution in [0.3, 0.4) is 0 Å². The summed E-state index contributed by atoms with van der Waals surface area (Å²) >= 11 is 0. The Labute approximate surface area is 224 Å². The monoisotopic (exact) mass is 526 g/mol. The number of halogens is 2. The molecule has 6 rings (SSSR count). The summed E-state index contributed by atoms with van der Waals surface area (Å²) in [5.74, 6) is -1.51. The lowest BCUT2D eigenvalue weighted by atomic mass is 9.97. The molecule has 7 nitrogen and oxygen atoms in total. The van der Waals surface area contributed by atoms with Gasteiger partial charge in [-0.2, -0.15) is 5.10 Å². The number of fused-ring (bicyclic) bond motifs is 1. The van der Waals surface area contributed by atoms with Crippen molar-refractivity contribution < 1.29 is 13.6 Å². The van der Waals surface area contributed by atoms with Crippen LogP contribution in [0, 0.1) is 17.6 Å². The zero-order valence-electron chi connectivity index (χ0n) is 21.7. The molecule has 3 aromatic carbocycles. The number of carbonyl (C=O) groups is 1. The smallest absolute Gasteiger partial charge is 0.228 e. The Hall–Kier alpha value is -4.37. The standard InChI is InChI=1S/C30H28F2N6O/c1-36-9-3-4-20(16-36)30(39)35-24-10-21(26-7-6-23(31)13-27(26)32)11-25(14-24)38-18-33-28-12-19(5-8-29(28)38)22-15-34-37(2)17-22/h5-8,10-15,17-18,20H,3-4,9,16H2,1-2H3,(H,35,39). The normalized spacial score (nSPS) is 16.1. The van der Waals surface area contributed by atoms with Gasteiger partial charge >= 0.3 is 0 Å². The molecule has 1 unspecified atom stereocenters. The molecular weight excluding hydrogens is 498 g/mol. The summed E-state index contributed by atoms with van der Waals surface area (Å²) in [4.78, 5) is 19.9. The Bertz CT molecular complexity index is 1690. The first-order chi connectivity index (χ1) is 18.8. The molecule has 3 heterocycles. The highest BCUT2D eigenvalue weighted by molar-refractivity contribution is 5.94. The number of anilines is 1. The van der Waals surface area contributed by atoms with Crippen molar-refractivity contribution in [2.24, 2.45) is 13.0 Å². The van der Waals surface area contributed by atoms with Gasteiger partial charge in [0.25, 0.3) is 0 Å². The second kappa shape index (κ2) is 10.1. The van der Waals surface area contributed by atoms with Crippen LogP contribution < -0.4 is 5.32 Å². The van der Waals surface area contributed by atoms with E-state index in [1.807, 2.05) is 55.2 Å². The predicted molar refractivity (Wildman–Crippen MR) is 147 cm³/mol. The minimum absolute atomic E-state index is 0.0687. The summed E-state index contributed by atoms with van der Waals surface area (Å²) in [7, 11) is 3.88. The second-order valence-corrected chi connectivity index (χ2v) is 10.2.